The Kier molecular flexibility index (Phi) is 3.09. The molecule has 0 aliphatic heterocycles. The number of nitrogens with two attached hydrogens (primary N) is 1. The molecule has 0 spiro atoms. The summed E-state index contributed by atoms with van der Waals surface area (Å²) in [6.07, 6.45) is 11.1. The summed E-state index contributed by atoms with van der Waals surface area (Å²) in [5, 5.41) is 20.4. The van der Waals surface area contributed by atoms with Crippen LogP contribution in [-0.4, -0.2) is 22.4 Å². The van der Waals surface area contributed by atoms with Crippen molar-refractivity contribution in [3.63, 3.8) is 0 Å². The first-order valence-electron chi connectivity index (χ1n) is 8.89. The monoisotopic (exact) mass is 303 g/mol. The van der Waals surface area contributed by atoms with Gasteiger partial charge in [-0.3, -0.25) is 0 Å². The second-order valence-corrected chi connectivity index (χ2v) is 8.70. The Hall–Kier alpha value is -0.800. The average molecular weight is 303 g/mol. The zero-order chi connectivity index (χ0) is 15.7. The second-order valence-electron chi connectivity index (χ2n) is 8.70. The molecule has 2 saturated carbocycles. The van der Waals surface area contributed by atoms with E-state index < -0.39 is 0 Å². The molecule has 0 saturated heterocycles. The van der Waals surface area contributed by atoms with Gasteiger partial charge in [-0.2, -0.15) is 0 Å². The maximum Gasteiger partial charge on any atom is 0.0944 e. The molecular weight excluding hydrogens is 274 g/mol. The molecule has 1 unspecified atom stereocenters. The fraction of sp³-hybridized carbons (Fsp3) is 0.789. The lowest BCUT2D eigenvalue weighted by molar-refractivity contribution is -0.0877. The van der Waals surface area contributed by atoms with Gasteiger partial charge in [-0.1, -0.05) is 26.0 Å². The highest BCUT2D eigenvalue weighted by Crippen LogP contribution is 2.64. The van der Waals surface area contributed by atoms with E-state index in [0.717, 1.165) is 32.1 Å². The molecule has 0 aromatic carbocycles. The molecule has 0 aromatic rings. The molecule has 0 radical (unpaired) electrons. The third kappa shape index (κ3) is 1.75. The number of allylic oxidation sites excluding steroid dienone is 3. The van der Waals surface area contributed by atoms with E-state index in [0.29, 0.717) is 29.4 Å². The molecule has 8 atom stereocenters. The van der Waals surface area contributed by atoms with Gasteiger partial charge in [-0.15, -0.1) is 0 Å². The molecule has 4 aliphatic carbocycles. The van der Waals surface area contributed by atoms with Crippen LogP contribution in [0.5, 0.6) is 0 Å². The minimum absolute atomic E-state index is 0.0557. The molecule has 3 heteroatoms. The Morgan fingerprint density at radius 2 is 2.00 bits per heavy atom. The van der Waals surface area contributed by atoms with Crippen molar-refractivity contribution in [1.82, 2.24) is 0 Å². The summed E-state index contributed by atoms with van der Waals surface area (Å²) in [7, 11) is 0. The van der Waals surface area contributed by atoms with Crippen LogP contribution in [0.1, 0.15) is 46.0 Å². The topological polar surface area (TPSA) is 66.5 Å². The smallest absolute Gasteiger partial charge is 0.0944 e. The minimum atomic E-state index is -0.298. The van der Waals surface area contributed by atoms with Gasteiger partial charge in [0.25, 0.3) is 0 Å². The summed E-state index contributed by atoms with van der Waals surface area (Å²) < 4.78 is 0. The van der Waals surface area contributed by atoms with Crippen LogP contribution in [0.3, 0.4) is 0 Å². The quantitative estimate of drug-likeness (QED) is 0.602. The molecule has 4 rings (SSSR count). The van der Waals surface area contributed by atoms with Crippen molar-refractivity contribution in [2.45, 2.75) is 58.1 Å². The van der Waals surface area contributed by atoms with Crippen LogP contribution in [-0.2, 0) is 0 Å². The van der Waals surface area contributed by atoms with Crippen LogP contribution in [0.15, 0.2) is 24.0 Å². The van der Waals surface area contributed by atoms with Gasteiger partial charge in [0.1, 0.15) is 0 Å². The fourth-order valence-electron chi connectivity index (χ4n) is 6.41. The van der Waals surface area contributed by atoms with E-state index in [2.05, 4.69) is 19.9 Å². The zero-order valence-corrected chi connectivity index (χ0v) is 13.7. The molecule has 3 nitrogen and oxygen atoms in total. The van der Waals surface area contributed by atoms with E-state index >= 15 is 0 Å². The summed E-state index contributed by atoms with van der Waals surface area (Å²) >= 11 is 0. The number of hydrogen-bond donors (Lipinski definition) is 3. The highest BCUT2D eigenvalue weighted by Gasteiger charge is 2.60. The lowest BCUT2D eigenvalue weighted by atomic mass is 9.45. The third-order valence-electron chi connectivity index (χ3n) is 7.81. The van der Waals surface area contributed by atoms with E-state index in [4.69, 9.17) is 5.73 Å². The second kappa shape index (κ2) is 4.61. The lowest BCUT2D eigenvalue weighted by Crippen LogP contribution is -2.59. The highest BCUT2D eigenvalue weighted by molar-refractivity contribution is 5.24. The Morgan fingerprint density at radius 1 is 1.23 bits per heavy atom. The van der Waals surface area contributed by atoms with E-state index in [9.17, 15) is 10.2 Å². The van der Waals surface area contributed by atoms with Gasteiger partial charge in [0.15, 0.2) is 0 Å². The predicted octanol–water partition coefficient (Wildman–Crippen LogP) is 3.16. The Balaban J connectivity index is 1.72. The molecular formula is C19H29NO2. The summed E-state index contributed by atoms with van der Waals surface area (Å²) in [5.41, 5.74) is 6.76. The van der Waals surface area contributed by atoms with Crippen molar-refractivity contribution in [2.24, 2.45) is 40.2 Å². The maximum absolute atomic E-state index is 10.4. The van der Waals surface area contributed by atoms with Gasteiger partial charge < -0.3 is 15.9 Å². The molecule has 122 valence electrons. The lowest BCUT2D eigenvalue weighted by Gasteiger charge is -2.60. The number of rotatable bonds is 0. The van der Waals surface area contributed by atoms with Crippen molar-refractivity contribution in [2.75, 3.05) is 0 Å². The fourth-order valence-corrected chi connectivity index (χ4v) is 6.41. The first-order valence-corrected chi connectivity index (χ1v) is 8.89. The van der Waals surface area contributed by atoms with Crippen molar-refractivity contribution < 1.29 is 10.2 Å². The van der Waals surface area contributed by atoms with Crippen LogP contribution in [0.2, 0.25) is 0 Å². The third-order valence-corrected chi connectivity index (χ3v) is 7.81. The van der Waals surface area contributed by atoms with Crippen LogP contribution in [0, 0.1) is 34.5 Å². The largest absolute Gasteiger partial charge is 0.512 e. The molecule has 0 bridgehead atoms. The molecule has 0 amide bonds. The molecule has 4 N–H and O–H groups in total. The molecule has 0 heterocycles. The average Bonchev–Trinajstić information content (AvgIpc) is 2.77. The van der Waals surface area contributed by atoms with Gasteiger partial charge in [0, 0.05) is 11.5 Å². The van der Waals surface area contributed by atoms with Gasteiger partial charge >= 0.3 is 0 Å². The maximum atomic E-state index is 10.4. The summed E-state index contributed by atoms with van der Waals surface area (Å²) in [6, 6.07) is 0.200. The first kappa shape index (κ1) is 14.8. The zero-order valence-electron chi connectivity index (χ0n) is 13.7. The Morgan fingerprint density at radius 3 is 2.77 bits per heavy atom. The van der Waals surface area contributed by atoms with Crippen LogP contribution >= 0.6 is 0 Å². The molecule has 22 heavy (non-hydrogen) atoms. The summed E-state index contributed by atoms with van der Waals surface area (Å²) in [6.45, 7) is 4.61. The van der Waals surface area contributed by atoms with E-state index in [-0.39, 0.29) is 23.0 Å². The van der Waals surface area contributed by atoms with Crippen molar-refractivity contribution in [3.8, 4) is 0 Å². The van der Waals surface area contributed by atoms with Gasteiger partial charge in [0.05, 0.1) is 11.9 Å². The van der Waals surface area contributed by atoms with E-state index in [1.807, 2.05) is 12.2 Å². The van der Waals surface area contributed by atoms with Crippen molar-refractivity contribution in [1.29, 1.82) is 0 Å². The Bertz CT molecular complexity index is 542. The molecule has 4 aliphatic rings. The predicted molar refractivity (Wildman–Crippen MR) is 87.1 cm³/mol. The van der Waals surface area contributed by atoms with Crippen molar-refractivity contribution in [3.05, 3.63) is 24.0 Å². The summed E-state index contributed by atoms with van der Waals surface area (Å²) in [5.74, 6) is 2.66. The van der Waals surface area contributed by atoms with Gasteiger partial charge in [-0.05, 0) is 67.3 Å². The Labute approximate surface area is 133 Å². The number of aliphatic hydroxyl groups excluding tert-OH is 2. The SMILES string of the molecule is C[C@]12C=C[C@H](O)CC1C[C@H](N)[C@@H]1[C@@H]2CC[C@]2(C)C(O)=CC[C@@H]12. The van der Waals surface area contributed by atoms with Crippen LogP contribution < -0.4 is 5.73 Å². The molecule has 0 aromatic heterocycles. The summed E-state index contributed by atoms with van der Waals surface area (Å²) in [4.78, 5) is 0. The van der Waals surface area contributed by atoms with Crippen LogP contribution in [0.25, 0.3) is 0 Å². The van der Waals surface area contributed by atoms with Crippen molar-refractivity contribution >= 4 is 0 Å². The van der Waals surface area contributed by atoms with E-state index in [1.54, 1.807) is 0 Å². The number of aliphatic hydroxyl groups is 2. The van der Waals surface area contributed by atoms with Gasteiger partial charge in [-0.25, -0.2) is 0 Å². The highest BCUT2D eigenvalue weighted by atomic mass is 16.3. The van der Waals surface area contributed by atoms with Crippen LogP contribution in [0.4, 0.5) is 0 Å². The van der Waals surface area contributed by atoms with E-state index in [1.165, 1.54) is 0 Å². The van der Waals surface area contributed by atoms with Gasteiger partial charge in [0.2, 0.25) is 0 Å². The number of hydrogen-bond acceptors (Lipinski definition) is 3. The minimum Gasteiger partial charge on any atom is -0.512 e. The molecule has 2 fully saturated rings. The standard InChI is InChI=1S/C19H29NO2/c1-18-7-5-12(21)9-11(18)10-15(20)17-13-3-4-16(22)19(13,2)8-6-14(17)18/h4-5,7,11-15,17,21-22H,3,6,8-10,20H2,1-2H3/t11?,12-,13-,14-,15-,17-,18-,19-/m0/s1. The number of fused-ring (bicyclic) bond motifs is 5. The first-order chi connectivity index (χ1) is 10.4. The normalized spacial score (nSPS) is 56.8.